The molecular formula is C19H21FN2O2S. The molecule has 0 saturated carbocycles. The molecule has 1 aromatic heterocycles. The van der Waals surface area contributed by atoms with Crippen molar-refractivity contribution in [3.8, 4) is 0 Å². The Labute approximate surface area is 150 Å². The molecule has 1 atom stereocenters. The number of nitrogens with zero attached hydrogens (tertiary/aromatic N) is 1. The molecule has 4 nitrogen and oxygen atoms in total. The average Bonchev–Trinajstić information content (AvgIpc) is 3.28. The Morgan fingerprint density at radius 1 is 1.28 bits per heavy atom. The van der Waals surface area contributed by atoms with E-state index in [0.29, 0.717) is 22.5 Å². The summed E-state index contributed by atoms with van der Waals surface area (Å²) >= 11 is 1.26. The lowest BCUT2D eigenvalue weighted by Crippen LogP contribution is -2.37. The predicted octanol–water partition coefficient (Wildman–Crippen LogP) is 3.66. The first-order valence-corrected chi connectivity index (χ1v) is 9.30. The maximum Gasteiger partial charge on any atom is 0.252 e. The molecule has 1 N–H and O–H groups in total. The summed E-state index contributed by atoms with van der Waals surface area (Å²) < 4.78 is 14.3. The summed E-state index contributed by atoms with van der Waals surface area (Å²) in [6.07, 6.45) is 2.18. The average molecular weight is 360 g/mol. The molecule has 1 amide bonds. The zero-order valence-electron chi connectivity index (χ0n) is 14.1. The summed E-state index contributed by atoms with van der Waals surface area (Å²) in [5, 5.41) is 4.58. The number of nitrogens with one attached hydrogen (secondary N) is 1. The summed E-state index contributed by atoms with van der Waals surface area (Å²) in [4.78, 5) is 26.5. The molecule has 0 aliphatic carbocycles. The summed E-state index contributed by atoms with van der Waals surface area (Å²) in [7, 11) is 0. The van der Waals surface area contributed by atoms with Crippen LogP contribution in [0.5, 0.6) is 0 Å². The van der Waals surface area contributed by atoms with Crippen LogP contribution in [0.2, 0.25) is 0 Å². The zero-order valence-corrected chi connectivity index (χ0v) is 14.9. The van der Waals surface area contributed by atoms with E-state index < -0.39 is 0 Å². The van der Waals surface area contributed by atoms with Crippen LogP contribution in [0.25, 0.3) is 0 Å². The fraction of sp³-hybridized carbons (Fsp3) is 0.368. The minimum atomic E-state index is -0.247. The van der Waals surface area contributed by atoms with Crippen molar-refractivity contribution in [2.45, 2.75) is 25.8 Å². The summed E-state index contributed by atoms with van der Waals surface area (Å²) in [5.41, 5.74) is 1.09. The van der Waals surface area contributed by atoms with Crippen molar-refractivity contribution in [3.05, 3.63) is 57.5 Å². The Morgan fingerprint density at radius 2 is 2.00 bits per heavy atom. The minimum Gasteiger partial charge on any atom is -0.350 e. The van der Waals surface area contributed by atoms with Crippen LogP contribution in [0.3, 0.4) is 0 Å². The number of Topliss-reactive ketones (excluding diaryl/α,β-unsaturated/α-hetero) is 1. The SMILES string of the molecule is CC(=O)c1cc(C(=O)NC[C@@H](c2ccccc2F)N2CCCC2)cs1. The first-order chi connectivity index (χ1) is 12.1. The Bertz CT molecular complexity index is 768. The van der Waals surface area contributed by atoms with Gasteiger partial charge in [-0.25, -0.2) is 4.39 Å². The molecule has 25 heavy (non-hydrogen) atoms. The monoisotopic (exact) mass is 360 g/mol. The molecule has 2 heterocycles. The fourth-order valence-electron chi connectivity index (χ4n) is 3.17. The number of thiophene rings is 1. The molecular weight excluding hydrogens is 339 g/mol. The summed E-state index contributed by atoms with van der Waals surface area (Å²) in [6, 6.07) is 8.16. The highest BCUT2D eigenvalue weighted by molar-refractivity contribution is 7.12. The molecule has 0 radical (unpaired) electrons. The van der Waals surface area contributed by atoms with Crippen molar-refractivity contribution in [3.63, 3.8) is 0 Å². The van der Waals surface area contributed by atoms with Crippen LogP contribution >= 0.6 is 11.3 Å². The molecule has 0 spiro atoms. The van der Waals surface area contributed by atoms with Crippen molar-refractivity contribution in [1.29, 1.82) is 0 Å². The van der Waals surface area contributed by atoms with Crippen LogP contribution in [0, 0.1) is 5.82 Å². The van der Waals surface area contributed by atoms with Crippen LogP contribution in [-0.4, -0.2) is 36.2 Å². The predicted molar refractivity (Wildman–Crippen MR) is 96.6 cm³/mol. The number of ketones is 1. The van der Waals surface area contributed by atoms with E-state index in [0.717, 1.165) is 25.9 Å². The van der Waals surface area contributed by atoms with Crippen molar-refractivity contribution < 1.29 is 14.0 Å². The topological polar surface area (TPSA) is 49.4 Å². The number of amides is 1. The van der Waals surface area contributed by atoms with E-state index in [9.17, 15) is 14.0 Å². The smallest absolute Gasteiger partial charge is 0.252 e. The van der Waals surface area contributed by atoms with Gasteiger partial charge in [-0.15, -0.1) is 11.3 Å². The third kappa shape index (κ3) is 4.14. The summed E-state index contributed by atoms with van der Waals surface area (Å²) in [5.74, 6) is -0.530. The molecule has 6 heteroatoms. The van der Waals surface area contributed by atoms with Gasteiger partial charge in [-0.3, -0.25) is 14.5 Å². The molecule has 1 aromatic carbocycles. The van der Waals surface area contributed by atoms with Crippen LogP contribution < -0.4 is 5.32 Å². The third-order valence-electron chi connectivity index (χ3n) is 4.51. The number of benzene rings is 1. The Morgan fingerprint density at radius 3 is 2.64 bits per heavy atom. The van der Waals surface area contributed by atoms with Gasteiger partial charge in [0.2, 0.25) is 0 Å². The van der Waals surface area contributed by atoms with Gasteiger partial charge in [0.15, 0.2) is 5.78 Å². The normalized spacial score (nSPS) is 15.9. The Hall–Kier alpha value is -2.05. The molecule has 3 rings (SSSR count). The highest BCUT2D eigenvalue weighted by atomic mass is 32.1. The van der Waals surface area contributed by atoms with Crippen molar-refractivity contribution in [2.75, 3.05) is 19.6 Å². The largest absolute Gasteiger partial charge is 0.350 e. The molecule has 1 aliphatic heterocycles. The number of likely N-dealkylation sites (tertiary alicyclic amines) is 1. The number of rotatable bonds is 6. The quantitative estimate of drug-likeness (QED) is 0.800. The molecule has 0 bridgehead atoms. The Kier molecular flexibility index (Phi) is 5.60. The summed E-state index contributed by atoms with van der Waals surface area (Å²) in [6.45, 7) is 3.63. The highest BCUT2D eigenvalue weighted by Gasteiger charge is 2.26. The van der Waals surface area contributed by atoms with E-state index in [1.54, 1.807) is 23.6 Å². The number of hydrogen-bond acceptors (Lipinski definition) is 4. The van der Waals surface area contributed by atoms with E-state index in [1.807, 2.05) is 6.07 Å². The molecule has 0 unspecified atom stereocenters. The van der Waals surface area contributed by atoms with Crippen LogP contribution in [0.1, 0.15) is 51.4 Å². The highest BCUT2D eigenvalue weighted by Crippen LogP contribution is 2.26. The van der Waals surface area contributed by atoms with E-state index in [4.69, 9.17) is 0 Å². The van der Waals surface area contributed by atoms with Gasteiger partial charge in [0.25, 0.3) is 5.91 Å². The van der Waals surface area contributed by atoms with Gasteiger partial charge in [-0.1, -0.05) is 18.2 Å². The maximum absolute atomic E-state index is 14.3. The van der Waals surface area contributed by atoms with Crippen molar-refractivity contribution in [2.24, 2.45) is 0 Å². The zero-order chi connectivity index (χ0) is 17.8. The van der Waals surface area contributed by atoms with Crippen LogP contribution in [0.4, 0.5) is 4.39 Å². The van der Waals surface area contributed by atoms with E-state index in [1.165, 1.54) is 24.3 Å². The first-order valence-electron chi connectivity index (χ1n) is 8.42. The van der Waals surface area contributed by atoms with Gasteiger partial charge in [-0.2, -0.15) is 0 Å². The van der Waals surface area contributed by atoms with Gasteiger partial charge < -0.3 is 5.32 Å². The van der Waals surface area contributed by atoms with E-state index in [2.05, 4.69) is 10.2 Å². The number of carbonyl (C=O) groups excluding carboxylic acids is 2. The van der Waals surface area contributed by atoms with Crippen molar-refractivity contribution in [1.82, 2.24) is 10.2 Å². The maximum atomic E-state index is 14.3. The molecule has 1 fully saturated rings. The lowest BCUT2D eigenvalue weighted by molar-refractivity contribution is 0.0937. The van der Waals surface area contributed by atoms with Gasteiger partial charge in [0.1, 0.15) is 5.82 Å². The van der Waals surface area contributed by atoms with Gasteiger partial charge in [0.05, 0.1) is 16.5 Å². The number of carbonyl (C=O) groups is 2. The van der Waals surface area contributed by atoms with Gasteiger partial charge >= 0.3 is 0 Å². The molecule has 132 valence electrons. The minimum absolute atomic E-state index is 0.0506. The van der Waals surface area contributed by atoms with Crippen LogP contribution in [-0.2, 0) is 0 Å². The van der Waals surface area contributed by atoms with E-state index in [-0.39, 0.29) is 23.5 Å². The van der Waals surface area contributed by atoms with Gasteiger partial charge in [0, 0.05) is 17.5 Å². The standard InChI is InChI=1S/C19H21FN2O2S/c1-13(23)18-10-14(12-25-18)19(24)21-11-17(22-8-4-5-9-22)15-6-2-3-7-16(15)20/h2-3,6-7,10,12,17H,4-5,8-9,11H2,1H3,(H,21,24)/t17-/m0/s1. The van der Waals surface area contributed by atoms with Crippen LogP contribution in [0.15, 0.2) is 35.7 Å². The second-order valence-electron chi connectivity index (χ2n) is 6.25. The number of halogens is 1. The molecule has 1 aliphatic rings. The lowest BCUT2D eigenvalue weighted by atomic mass is 10.0. The second kappa shape index (κ2) is 7.89. The third-order valence-corrected chi connectivity index (χ3v) is 5.54. The van der Waals surface area contributed by atoms with Crippen molar-refractivity contribution >= 4 is 23.0 Å². The molecule has 2 aromatic rings. The first kappa shape index (κ1) is 17.8. The van der Waals surface area contributed by atoms with E-state index >= 15 is 0 Å². The fourth-order valence-corrected chi connectivity index (χ4v) is 3.96. The Balaban J connectivity index is 1.73. The lowest BCUT2D eigenvalue weighted by Gasteiger charge is -2.28. The molecule has 1 saturated heterocycles. The second-order valence-corrected chi connectivity index (χ2v) is 7.16. The van der Waals surface area contributed by atoms with Gasteiger partial charge in [-0.05, 0) is 45.0 Å². The number of hydrogen-bond donors (Lipinski definition) is 1.